The molecule has 0 bridgehead atoms. The van der Waals surface area contributed by atoms with Gasteiger partial charge in [0.1, 0.15) is 5.82 Å². The second-order valence-corrected chi connectivity index (χ2v) is 8.03. The van der Waals surface area contributed by atoms with Crippen molar-refractivity contribution in [2.75, 3.05) is 51.9 Å². The topological polar surface area (TPSA) is 71.0 Å². The van der Waals surface area contributed by atoms with E-state index < -0.39 is 0 Å². The number of nitrogens with zero attached hydrogens (tertiary/aromatic N) is 3. The quantitative estimate of drug-likeness (QED) is 0.314. The number of nitrogens with one attached hydrogen (secondary N) is 2. The fourth-order valence-corrected chi connectivity index (χ4v) is 3.96. The fraction of sp³-hybridized carbons (Fsp3) is 0.714. The highest BCUT2D eigenvalue weighted by Crippen LogP contribution is 2.43. The molecule has 1 aliphatic carbocycles. The molecule has 1 atom stereocenters. The third kappa shape index (κ3) is 6.96. The highest BCUT2D eigenvalue weighted by molar-refractivity contribution is 14.0. The van der Waals surface area contributed by atoms with Gasteiger partial charge in [0, 0.05) is 53.1 Å². The predicted molar refractivity (Wildman–Crippen MR) is 128 cm³/mol. The van der Waals surface area contributed by atoms with E-state index in [2.05, 4.69) is 44.6 Å². The van der Waals surface area contributed by atoms with Gasteiger partial charge in [-0.3, -0.25) is 4.99 Å². The number of anilines is 1. The smallest absolute Gasteiger partial charge is 0.191 e. The molecule has 0 radical (unpaired) electrons. The molecule has 8 heteroatoms. The fourth-order valence-electron chi connectivity index (χ4n) is 3.96. The Hall–Kier alpha value is -1.13. The first kappa shape index (κ1) is 24.1. The van der Waals surface area contributed by atoms with E-state index in [1.807, 2.05) is 13.2 Å². The summed E-state index contributed by atoms with van der Waals surface area (Å²) in [4.78, 5) is 11.2. The maximum absolute atomic E-state index is 5.63. The van der Waals surface area contributed by atoms with Crippen molar-refractivity contribution in [2.24, 2.45) is 10.4 Å². The number of morpholine rings is 1. The first-order chi connectivity index (χ1) is 13.6. The molecule has 1 saturated heterocycles. The molecule has 3 rings (SSSR count). The van der Waals surface area contributed by atoms with Gasteiger partial charge < -0.3 is 25.0 Å². The van der Waals surface area contributed by atoms with Gasteiger partial charge in [0.05, 0.1) is 12.7 Å². The number of hydrogen-bond acceptors (Lipinski definition) is 5. The highest BCUT2D eigenvalue weighted by Gasteiger charge is 2.36. The van der Waals surface area contributed by atoms with Crippen LogP contribution >= 0.6 is 24.0 Å². The maximum Gasteiger partial charge on any atom is 0.191 e. The van der Waals surface area contributed by atoms with Crippen LogP contribution in [0.4, 0.5) is 5.82 Å². The number of methoxy groups -OCH3 is 1. The molecular formula is C21H36IN5O2. The van der Waals surface area contributed by atoms with Crippen LogP contribution in [0.3, 0.4) is 0 Å². The molecule has 2 aliphatic rings. The Labute approximate surface area is 192 Å². The average molecular weight is 517 g/mol. The lowest BCUT2D eigenvalue weighted by atomic mass is 9.67. The van der Waals surface area contributed by atoms with Gasteiger partial charge in [0.25, 0.3) is 0 Å². The van der Waals surface area contributed by atoms with Gasteiger partial charge in [-0.05, 0) is 49.3 Å². The first-order valence-corrected chi connectivity index (χ1v) is 10.4. The minimum atomic E-state index is 0. The molecule has 2 N–H and O–H groups in total. The largest absolute Gasteiger partial charge is 0.385 e. The monoisotopic (exact) mass is 517 g/mol. The van der Waals surface area contributed by atoms with E-state index in [9.17, 15) is 0 Å². The standard InChI is InChI=1S/C21H35N5O2.HI/c1-17-15-26(10-12-28-17)19-13-18(5-9-23-19)14-24-20(22-2)25-16-21(6-4-7-21)8-11-27-3;/h5,9,13,17H,4,6-8,10-12,14-16H2,1-3H3,(H2,22,24,25);1H. The summed E-state index contributed by atoms with van der Waals surface area (Å²) in [5, 5.41) is 6.95. The second-order valence-electron chi connectivity index (χ2n) is 8.03. The zero-order valence-corrected chi connectivity index (χ0v) is 20.3. The van der Waals surface area contributed by atoms with Gasteiger partial charge in [-0.2, -0.15) is 0 Å². The summed E-state index contributed by atoms with van der Waals surface area (Å²) in [6.45, 7) is 7.14. The lowest BCUT2D eigenvalue weighted by Gasteiger charge is -2.42. The molecule has 0 spiro atoms. The molecule has 0 aromatic carbocycles. The van der Waals surface area contributed by atoms with Crippen molar-refractivity contribution in [3.05, 3.63) is 23.9 Å². The van der Waals surface area contributed by atoms with Gasteiger partial charge in [-0.1, -0.05) is 6.42 Å². The molecule has 2 fully saturated rings. The molecule has 1 aliphatic heterocycles. The van der Waals surface area contributed by atoms with Crippen LogP contribution in [-0.2, 0) is 16.0 Å². The Bertz CT molecular complexity index is 654. The molecule has 1 saturated carbocycles. The minimum Gasteiger partial charge on any atom is -0.385 e. The van der Waals surface area contributed by atoms with Crippen molar-refractivity contribution in [3.8, 4) is 0 Å². The average Bonchev–Trinajstić information content (AvgIpc) is 2.69. The third-order valence-corrected chi connectivity index (χ3v) is 5.94. The van der Waals surface area contributed by atoms with Gasteiger partial charge in [-0.25, -0.2) is 4.98 Å². The van der Waals surface area contributed by atoms with Gasteiger partial charge in [0.15, 0.2) is 5.96 Å². The van der Waals surface area contributed by atoms with Crippen LogP contribution in [0.15, 0.2) is 23.3 Å². The molecule has 1 unspecified atom stereocenters. The number of rotatable bonds is 8. The minimum absolute atomic E-state index is 0. The van der Waals surface area contributed by atoms with E-state index in [4.69, 9.17) is 9.47 Å². The van der Waals surface area contributed by atoms with Crippen LogP contribution in [0.2, 0.25) is 0 Å². The van der Waals surface area contributed by atoms with Crippen LogP contribution in [0.1, 0.15) is 38.2 Å². The van der Waals surface area contributed by atoms with Gasteiger partial charge in [-0.15, -0.1) is 24.0 Å². The van der Waals surface area contributed by atoms with Crippen LogP contribution in [0, 0.1) is 5.41 Å². The number of pyridine rings is 1. The molecule has 29 heavy (non-hydrogen) atoms. The number of ether oxygens (including phenoxy) is 2. The van der Waals surface area contributed by atoms with Crippen LogP contribution in [0.25, 0.3) is 0 Å². The summed E-state index contributed by atoms with van der Waals surface area (Å²) in [5.74, 6) is 1.87. The zero-order valence-electron chi connectivity index (χ0n) is 17.9. The Morgan fingerprint density at radius 1 is 1.41 bits per heavy atom. The molecule has 164 valence electrons. The molecular weight excluding hydrogens is 481 g/mol. The van der Waals surface area contributed by atoms with Gasteiger partial charge in [0.2, 0.25) is 0 Å². The lowest BCUT2D eigenvalue weighted by molar-refractivity contribution is 0.0529. The van der Waals surface area contributed by atoms with Gasteiger partial charge >= 0.3 is 0 Å². The molecule has 7 nitrogen and oxygen atoms in total. The van der Waals surface area contributed by atoms with E-state index in [1.54, 1.807) is 7.11 Å². The second kappa shape index (κ2) is 11.9. The number of guanidine groups is 1. The number of hydrogen-bond donors (Lipinski definition) is 2. The SMILES string of the molecule is CN=C(NCc1ccnc(N2CCOC(C)C2)c1)NCC1(CCOC)CCC1.I. The Morgan fingerprint density at radius 2 is 2.24 bits per heavy atom. The Kier molecular flexibility index (Phi) is 9.91. The van der Waals surface area contributed by atoms with Crippen LogP contribution in [-0.4, -0.2) is 64.1 Å². The van der Waals surface area contributed by atoms with Crippen molar-refractivity contribution in [2.45, 2.75) is 45.3 Å². The number of aliphatic imine (C=N–C) groups is 1. The summed E-state index contributed by atoms with van der Waals surface area (Å²) in [7, 11) is 3.60. The molecule has 2 heterocycles. The highest BCUT2D eigenvalue weighted by atomic mass is 127. The van der Waals surface area contributed by atoms with Crippen LogP contribution < -0.4 is 15.5 Å². The van der Waals surface area contributed by atoms with Crippen molar-refractivity contribution in [3.63, 3.8) is 0 Å². The van der Waals surface area contributed by atoms with Crippen molar-refractivity contribution < 1.29 is 9.47 Å². The maximum atomic E-state index is 5.63. The van der Waals surface area contributed by atoms with E-state index in [0.717, 1.165) is 57.6 Å². The Balaban J connectivity index is 0.00000300. The van der Waals surface area contributed by atoms with E-state index in [-0.39, 0.29) is 30.1 Å². The summed E-state index contributed by atoms with van der Waals surface area (Å²) >= 11 is 0. The molecule has 1 aromatic heterocycles. The predicted octanol–water partition coefficient (Wildman–Crippen LogP) is 2.80. The lowest BCUT2D eigenvalue weighted by Crippen LogP contribution is -2.46. The van der Waals surface area contributed by atoms with E-state index in [1.165, 1.54) is 24.8 Å². The third-order valence-electron chi connectivity index (χ3n) is 5.94. The summed E-state index contributed by atoms with van der Waals surface area (Å²) in [6, 6.07) is 4.21. The number of halogens is 1. The molecule has 0 amide bonds. The van der Waals surface area contributed by atoms with Crippen molar-refractivity contribution in [1.29, 1.82) is 0 Å². The van der Waals surface area contributed by atoms with Crippen molar-refractivity contribution in [1.82, 2.24) is 15.6 Å². The van der Waals surface area contributed by atoms with Crippen molar-refractivity contribution >= 4 is 35.8 Å². The Morgan fingerprint density at radius 3 is 2.90 bits per heavy atom. The molecule has 1 aromatic rings. The number of aromatic nitrogens is 1. The zero-order chi connectivity index (χ0) is 19.8. The summed E-state index contributed by atoms with van der Waals surface area (Å²) in [6.07, 6.45) is 7.10. The normalized spacial score (nSPS) is 21.1. The summed E-state index contributed by atoms with van der Waals surface area (Å²) in [5.41, 5.74) is 1.56. The van der Waals surface area contributed by atoms with E-state index >= 15 is 0 Å². The summed E-state index contributed by atoms with van der Waals surface area (Å²) < 4.78 is 10.9. The van der Waals surface area contributed by atoms with E-state index in [0.29, 0.717) is 5.41 Å². The van der Waals surface area contributed by atoms with Crippen LogP contribution in [0.5, 0.6) is 0 Å². The first-order valence-electron chi connectivity index (χ1n) is 10.4.